The van der Waals surface area contributed by atoms with E-state index in [2.05, 4.69) is 5.32 Å². The lowest BCUT2D eigenvalue weighted by Gasteiger charge is -2.19. The van der Waals surface area contributed by atoms with E-state index in [-0.39, 0.29) is 10.8 Å². The Bertz CT molecular complexity index is 895. The summed E-state index contributed by atoms with van der Waals surface area (Å²) in [5.41, 5.74) is 2.04. The summed E-state index contributed by atoms with van der Waals surface area (Å²) >= 11 is 5.84. The number of anilines is 1. The van der Waals surface area contributed by atoms with E-state index in [1.54, 1.807) is 30.3 Å². The molecule has 25 heavy (non-hydrogen) atoms. The number of carbonyl (C=O) groups is 1. The van der Waals surface area contributed by atoms with Gasteiger partial charge in [-0.1, -0.05) is 18.5 Å². The molecule has 0 spiro atoms. The van der Waals surface area contributed by atoms with Crippen LogP contribution in [0.4, 0.5) is 5.69 Å². The Morgan fingerprint density at radius 1 is 1.20 bits per heavy atom. The number of nitrogens with one attached hydrogen (secondary N) is 1. The highest BCUT2D eigenvalue weighted by Gasteiger charge is 2.31. The van der Waals surface area contributed by atoms with Crippen molar-refractivity contribution in [3.63, 3.8) is 0 Å². The third-order valence-corrected chi connectivity index (χ3v) is 6.21. The van der Waals surface area contributed by atoms with E-state index in [9.17, 15) is 13.2 Å². The minimum Gasteiger partial charge on any atom is -0.352 e. The minimum atomic E-state index is -3.64. The van der Waals surface area contributed by atoms with Gasteiger partial charge in [0.2, 0.25) is 0 Å². The van der Waals surface area contributed by atoms with Gasteiger partial charge in [0.15, 0.2) is 0 Å². The summed E-state index contributed by atoms with van der Waals surface area (Å²) in [6.07, 6.45) is 1.45. The van der Waals surface area contributed by atoms with Crippen LogP contribution in [0.2, 0.25) is 5.02 Å². The fourth-order valence-corrected chi connectivity index (χ4v) is 4.47. The molecule has 0 radical (unpaired) electrons. The second-order valence-electron chi connectivity index (χ2n) is 5.88. The second kappa shape index (κ2) is 7.06. The first-order valence-electron chi connectivity index (χ1n) is 8.13. The number of nitrogens with zero attached hydrogens (tertiary/aromatic N) is 1. The number of fused-ring (bicyclic) bond motifs is 1. The molecule has 0 atom stereocenters. The molecule has 1 heterocycles. The molecule has 1 aliphatic heterocycles. The maximum absolute atomic E-state index is 12.9. The summed E-state index contributed by atoms with van der Waals surface area (Å²) in [4.78, 5) is 12.3. The maximum Gasteiger partial charge on any atom is 0.264 e. The van der Waals surface area contributed by atoms with Gasteiger partial charge >= 0.3 is 0 Å². The van der Waals surface area contributed by atoms with E-state index in [0.717, 1.165) is 12.0 Å². The van der Waals surface area contributed by atoms with Gasteiger partial charge in [0.05, 0.1) is 10.6 Å². The highest BCUT2D eigenvalue weighted by atomic mass is 35.5. The molecule has 0 unspecified atom stereocenters. The molecule has 0 aromatic heterocycles. The van der Waals surface area contributed by atoms with Crippen molar-refractivity contribution in [2.75, 3.05) is 17.4 Å². The molecule has 5 nitrogen and oxygen atoms in total. The highest BCUT2D eigenvalue weighted by molar-refractivity contribution is 7.92. The van der Waals surface area contributed by atoms with Gasteiger partial charge in [0.25, 0.3) is 15.9 Å². The van der Waals surface area contributed by atoms with Gasteiger partial charge < -0.3 is 5.32 Å². The highest BCUT2D eigenvalue weighted by Crippen LogP contribution is 2.33. The summed E-state index contributed by atoms with van der Waals surface area (Å²) in [7, 11) is -3.64. The fraction of sp³-hybridized carbons (Fsp3) is 0.278. The Kier molecular flexibility index (Phi) is 5.01. The smallest absolute Gasteiger partial charge is 0.264 e. The van der Waals surface area contributed by atoms with Gasteiger partial charge in [-0.3, -0.25) is 9.10 Å². The van der Waals surface area contributed by atoms with Gasteiger partial charge in [-0.25, -0.2) is 8.42 Å². The monoisotopic (exact) mass is 378 g/mol. The third-order valence-electron chi connectivity index (χ3n) is 4.13. The van der Waals surface area contributed by atoms with Crippen LogP contribution >= 0.6 is 11.6 Å². The van der Waals surface area contributed by atoms with Crippen molar-refractivity contribution in [3.8, 4) is 0 Å². The van der Waals surface area contributed by atoms with Gasteiger partial charge in [-0.15, -0.1) is 0 Å². The molecule has 0 saturated heterocycles. The van der Waals surface area contributed by atoms with Crippen LogP contribution in [0.3, 0.4) is 0 Å². The molecular formula is C18H19ClN2O3S. The molecule has 1 aliphatic rings. The molecule has 0 fully saturated rings. The van der Waals surface area contributed by atoms with Crippen LogP contribution < -0.4 is 9.62 Å². The van der Waals surface area contributed by atoms with Crippen molar-refractivity contribution in [1.29, 1.82) is 0 Å². The molecule has 0 bridgehead atoms. The zero-order valence-corrected chi connectivity index (χ0v) is 15.4. The van der Waals surface area contributed by atoms with E-state index >= 15 is 0 Å². The predicted molar refractivity (Wildman–Crippen MR) is 98.8 cm³/mol. The van der Waals surface area contributed by atoms with Crippen molar-refractivity contribution in [3.05, 3.63) is 58.6 Å². The largest absolute Gasteiger partial charge is 0.352 e. The first-order valence-corrected chi connectivity index (χ1v) is 9.94. The number of benzene rings is 2. The number of amides is 1. The number of rotatable bonds is 5. The Morgan fingerprint density at radius 2 is 1.92 bits per heavy atom. The Labute approximate surface area is 152 Å². The Morgan fingerprint density at radius 3 is 2.60 bits per heavy atom. The molecule has 132 valence electrons. The maximum atomic E-state index is 12.9. The molecule has 0 saturated carbocycles. The van der Waals surface area contributed by atoms with E-state index < -0.39 is 10.0 Å². The zero-order valence-electron chi connectivity index (χ0n) is 13.8. The lowest BCUT2D eigenvalue weighted by atomic mass is 10.1. The number of carbonyl (C=O) groups excluding carboxylic acids is 1. The molecule has 3 rings (SSSR count). The van der Waals surface area contributed by atoms with Crippen LogP contribution in [0.25, 0.3) is 0 Å². The molecule has 2 aromatic rings. The standard InChI is InChI=1S/C18H19ClN2O3S/c1-2-10-20-18(22)14-3-8-17-13(12-14)9-11-21(17)25(23,24)16-6-4-15(19)5-7-16/h3-8,12H,2,9-11H2,1H3,(H,20,22). The number of sulfonamides is 1. The summed E-state index contributed by atoms with van der Waals surface area (Å²) in [6.45, 7) is 2.97. The van der Waals surface area contributed by atoms with E-state index in [0.29, 0.717) is 35.8 Å². The summed E-state index contributed by atoms with van der Waals surface area (Å²) in [6, 6.07) is 11.3. The number of hydrogen-bond donors (Lipinski definition) is 1. The average molecular weight is 379 g/mol. The first kappa shape index (κ1) is 17.8. The Hall–Kier alpha value is -2.05. The van der Waals surface area contributed by atoms with Gasteiger partial charge in [-0.2, -0.15) is 0 Å². The van der Waals surface area contributed by atoms with Crippen molar-refractivity contribution in [1.82, 2.24) is 5.32 Å². The summed E-state index contributed by atoms with van der Waals surface area (Å²) < 4.78 is 27.1. The fourth-order valence-electron chi connectivity index (χ4n) is 2.84. The van der Waals surface area contributed by atoms with E-state index in [1.807, 2.05) is 6.92 Å². The Balaban J connectivity index is 1.89. The van der Waals surface area contributed by atoms with Crippen LogP contribution in [0.5, 0.6) is 0 Å². The van der Waals surface area contributed by atoms with Gasteiger partial charge in [-0.05, 0) is 60.9 Å². The van der Waals surface area contributed by atoms with Crippen LogP contribution in [0.15, 0.2) is 47.4 Å². The number of halogens is 1. The van der Waals surface area contributed by atoms with Crippen LogP contribution in [0, 0.1) is 0 Å². The minimum absolute atomic E-state index is 0.136. The zero-order chi connectivity index (χ0) is 18.0. The SMILES string of the molecule is CCCNC(=O)c1ccc2c(c1)CCN2S(=O)(=O)c1ccc(Cl)cc1. The van der Waals surface area contributed by atoms with Crippen molar-refractivity contribution >= 4 is 33.2 Å². The van der Waals surface area contributed by atoms with Crippen molar-refractivity contribution in [2.45, 2.75) is 24.7 Å². The summed E-state index contributed by atoms with van der Waals surface area (Å²) in [5, 5.41) is 3.32. The van der Waals surface area contributed by atoms with Gasteiger partial charge in [0, 0.05) is 23.7 Å². The third kappa shape index (κ3) is 3.50. The second-order valence-corrected chi connectivity index (χ2v) is 8.18. The van der Waals surface area contributed by atoms with Crippen LogP contribution in [0.1, 0.15) is 29.3 Å². The lowest BCUT2D eigenvalue weighted by molar-refractivity contribution is 0.0953. The predicted octanol–water partition coefficient (Wildman–Crippen LogP) is 3.23. The van der Waals surface area contributed by atoms with E-state index in [4.69, 9.17) is 11.6 Å². The molecule has 1 amide bonds. The molecule has 7 heteroatoms. The normalized spacial score (nSPS) is 13.6. The molecular weight excluding hydrogens is 360 g/mol. The topological polar surface area (TPSA) is 66.5 Å². The lowest BCUT2D eigenvalue weighted by Crippen LogP contribution is -2.29. The first-order chi connectivity index (χ1) is 11.9. The van der Waals surface area contributed by atoms with Crippen LogP contribution in [-0.2, 0) is 16.4 Å². The van der Waals surface area contributed by atoms with E-state index in [1.165, 1.54) is 16.4 Å². The molecule has 1 N–H and O–H groups in total. The number of hydrogen-bond acceptors (Lipinski definition) is 3. The van der Waals surface area contributed by atoms with Crippen molar-refractivity contribution in [2.24, 2.45) is 0 Å². The molecule has 0 aliphatic carbocycles. The molecule has 2 aromatic carbocycles. The van der Waals surface area contributed by atoms with Crippen molar-refractivity contribution < 1.29 is 13.2 Å². The van der Waals surface area contributed by atoms with Gasteiger partial charge in [0.1, 0.15) is 0 Å². The van der Waals surface area contributed by atoms with Crippen LogP contribution in [-0.4, -0.2) is 27.4 Å². The summed E-state index contributed by atoms with van der Waals surface area (Å²) in [5.74, 6) is -0.136. The average Bonchev–Trinajstić information content (AvgIpc) is 3.04. The quantitative estimate of drug-likeness (QED) is 0.868.